The van der Waals surface area contributed by atoms with Crippen LogP contribution < -0.4 is 5.53 Å². The molecule has 0 fully saturated rings. The molecule has 1 aliphatic heterocycles. The lowest BCUT2D eigenvalue weighted by Crippen LogP contribution is -2.30. The molecule has 0 saturated heterocycles. The van der Waals surface area contributed by atoms with Crippen molar-refractivity contribution in [2.24, 2.45) is 5.10 Å². The van der Waals surface area contributed by atoms with Crippen molar-refractivity contribution < 1.29 is 0 Å². The zero-order valence-corrected chi connectivity index (χ0v) is 9.24. The third kappa shape index (κ3) is 2.10. The predicted molar refractivity (Wildman–Crippen MR) is 68.1 cm³/mol. The number of aromatic nitrogens is 1. The summed E-state index contributed by atoms with van der Waals surface area (Å²) in [5.41, 5.74) is 4.93. The topological polar surface area (TPSA) is 40.5 Å². The molecule has 0 spiro atoms. The lowest BCUT2D eigenvalue weighted by atomic mass is 10.2. The standard InChI is InChI=1S/C13H12N4/c1-2-5-13-11(4-1)6-7-12(15-13)10-17-9-3-8-14-16-17/h1-9,16H,10H2. The van der Waals surface area contributed by atoms with E-state index in [1.165, 1.54) is 0 Å². The number of hydrazone groups is 1. The maximum absolute atomic E-state index is 4.60. The van der Waals surface area contributed by atoms with E-state index in [1.54, 1.807) is 6.21 Å². The summed E-state index contributed by atoms with van der Waals surface area (Å²) in [6, 6.07) is 12.2. The first-order valence-corrected chi connectivity index (χ1v) is 5.49. The summed E-state index contributed by atoms with van der Waals surface area (Å²) >= 11 is 0. The number of para-hydroxylation sites is 1. The second kappa shape index (κ2) is 4.25. The van der Waals surface area contributed by atoms with E-state index in [0.717, 1.165) is 16.6 Å². The fourth-order valence-electron chi connectivity index (χ4n) is 1.79. The highest BCUT2D eigenvalue weighted by Crippen LogP contribution is 2.12. The van der Waals surface area contributed by atoms with Crippen molar-refractivity contribution in [2.75, 3.05) is 0 Å². The molecule has 0 bridgehead atoms. The summed E-state index contributed by atoms with van der Waals surface area (Å²) < 4.78 is 0. The number of nitrogens with zero attached hydrogens (tertiary/aromatic N) is 3. The molecule has 0 atom stereocenters. The number of rotatable bonds is 2. The average Bonchev–Trinajstić information content (AvgIpc) is 2.40. The number of pyridine rings is 1. The number of allylic oxidation sites excluding steroid dienone is 1. The van der Waals surface area contributed by atoms with Gasteiger partial charge in [0.1, 0.15) is 0 Å². The monoisotopic (exact) mass is 224 g/mol. The maximum atomic E-state index is 4.60. The Morgan fingerprint density at radius 1 is 1.12 bits per heavy atom. The lowest BCUT2D eigenvalue weighted by molar-refractivity contribution is 0.264. The van der Waals surface area contributed by atoms with Crippen LogP contribution in [-0.2, 0) is 6.54 Å². The van der Waals surface area contributed by atoms with Gasteiger partial charge in [-0.2, -0.15) is 5.10 Å². The van der Waals surface area contributed by atoms with Gasteiger partial charge >= 0.3 is 0 Å². The molecule has 0 unspecified atom stereocenters. The fourth-order valence-corrected chi connectivity index (χ4v) is 1.79. The number of hydrogen-bond acceptors (Lipinski definition) is 4. The van der Waals surface area contributed by atoms with E-state index in [2.05, 4.69) is 27.8 Å². The smallest absolute Gasteiger partial charge is 0.0825 e. The predicted octanol–water partition coefficient (Wildman–Crippen LogP) is 2.05. The van der Waals surface area contributed by atoms with Gasteiger partial charge in [-0.3, -0.25) is 9.99 Å². The van der Waals surface area contributed by atoms with Crippen LogP contribution in [0.5, 0.6) is 0 Å². The summed E-state index contributed by atoms with van der Waals surface area (Å²) in [6.45, 7) is 0.693. The third-order valence-electron chi connectivity index (χ3n) is 2.60. The van der Waals surface area contributed by atoms with Crippen LogP contribution in [0.3, 0.4) is 0 Å². The van der Waals surface area contributed by atoms with Gasteiger partial charge in [0.15, 0.2) is 0 Å². The molecule has 17 heavy (non-hydrogen) atoms. The van der Waals surface area contributed by atoms with Crippen LogP contribution in [0.2, 0.25) is 0 Å². The van der Waals surface area contributed by atoms with E-state index < -0.39 is 0 Å². The first kappa shape index (κ1) is 9.84. The first-order valence-electron chi connectivity index (χ1n) is 5.49. The van der Waals surface area contributed by atoms with E-state index in [9.17, 15) is 0 Å². The molecule has 0 amide bonds. The highest BCUT2D eigenvalue weighted by Gasteiger charge is 2.03. The van der Waals surface area contributed by atoms with Crippen LogP contribution in [0.15, 0.2) is 53.8 Å². The fraction of sp³-hybridized carbons (Fsp3) is 0.0769. The second-order valence-corrected chi connectivity index (χ2v) is 3.84. The van der Waals surface area contributed by atoms with Crippen molar-refractivity contribution in [1.82, 2.24) is 15.5 Å². The number of fused-ring (bicyclic) bond motifs is 1. The zero-order chi connectivity index (χ0) is 11.5. The quantitative estimate of drug-likeness (QED) is 0.848. The highest BCUT2D eigenvalue weighted by atomic mass is 15.6. The van der Waals surface area contributed by atoms with Crippen LogP contribution in [0.1, 0.15) is 5.69 Å². The summed E-state index contributed by atoms with van der Waals surface area (Å²) in [5.74, 6) is 0. The molecule has 84 valence electrons. The Morgan fingerprint density at radius 3 is 2.94 bits per heavy atom. The van der Waals surface area contributed by atoms with Gasteiger partial charge < -0.3 is 0 Å². The Hall–Kier alpha value is -2.36. The van der Waals surface area contributed by atoms with E-state index in [0.29, 0.717) is 6.54 Å². The van der Waals surface area contributed by atoms with Gasteiger partial charge in [0, 0.05) is 11.6 Å². The van der Waals surface area contributed by atoms with Crippen LogP contribution in [0, 0.1) is 0 Å². The lowest BCUT2D eigenvalue weighted by Gasteiger charge is -2.20. The molecule has 4 heteroatoms. The highest BCUT2D eigenvalue weighted by molar-refractivity contribution is 5.78. The van der Waals surface area contributed by atoms with Crippen LogP contribution >= 0.6 is 0 Å². The van der Waals surface area contributed by atoms with Crippen LogP contribution in [0.4, 0.5) is 0 Å². The Balaban J connectivity index is 1.85. The van der Waals surface area contributed by atoms with Gasteiger partial charge in [-0.25, -0.2) is 5.53 Å². The summed E-state index contributed by atoms with van der Waals surface area (Å²) in [5, 5.41) is 7.00. The largest absolute Gasteiger partial charge is 0.273 e. The van der Waals surface area contributed by atoms with Crippen LogP contribution in [0.25, 0.3) is 10.9 Å². The van der Waals surface area contributed by atoms with Gasteiger partial charge in [0.2, 0.25) is 0 Å². The van der Waals surface area contributed by atoms with E-state index >= 15 is 0 Å². The summed E-state index contributed by atoms with van der Waals surface area (Å²) in [4.78, 5) is 4.60. The first-order chi connectivity index (χ1) is 8.42. The normalized spacial score (nSPS) is 14.0. The van der Waals surface area contributed by atoms with Crippen LogP contribution in [-0.4, -0.2) is 16.2 Å². The van der Waals surface area contributed by atoms with Crippen molar-refractivity contribution >= 4 is 17.1 Å². The molecular weight excluding hydrogens is 212 g/mol. The number of benzene rings is 1. The molecule has 1 aromatic carbocycles. The molecule has 0 radical (unpaired) electrons. The van der Waals surface area contributed by atoms with Crippen molar-refractivity contribution in [1.29, 1.82) is 0 Å². The number of hydrazine groups is 1. The summed E-state index contributed by atoms with van der Waals surface area (Å²) in [7, 11) is 0. The number of nitrogens with one attached hydrogen (secondary N) is 1. The molecule has 2 heterocycles. The molecule has 0 aliphatic carbocycles. The van der Waals surface area contributed by atoms with E-state index in [1.807, 2.05) is 41.6 Å². The van der Waals surface area contributed by atoms with Crippen molar-refractivity contribution in [3.05, 3.63) is 54.4 Å². The molecule has 2 aromatic rings. The Labute approximate surface area is 99.2 Å². The minimum atomic E-state index is 0.693. The average molecular weight is 224 g/mol. The number of hydrogen-bond donors (Lipinski definition) is 1. The molecule has 3 rings (SSSR count). The molecule has 0 saturated carbocycles. The maximum Gasteiger partial charge on any atom is 0.0825 e. The van der Waals surface area contributed by atoms with Gasteiger partial charge in [-0.05, 0) is 18.2 Å². The Kier molecular flexibility index (Phi) is 2.46. The van der Waals surface area contributed by atoms with Crippen molar-refractivity contribution in [3.8, 4) is 0 Å². The molecular formula is C13H12N4. The van der Waals surface area contributed by atoms with Gasteiger partial charge in [-0.15, -0.1) is 0 Å². The third-order valence-corrected chi connectivity index (χ3v) is 2.60. The van der Waals surface area contributed by atoms with Crippen molar-refractivity contribution in [3.63, 3.8) is 0 Å². The molecule has 4 nitrogen and oxygen atoms in total. The van der Waals surface area contributed by atoms with Gasteiger partial charge in [0.25, 0.3) is 0 Å². The second-order valence-electron chi connectivity index (χ2n) is 3.84. The Bertz CT molecular complexity index is 589. The minimum Gasteiger partial charge on any atom is -0.273 e. The van der Waals surface area contributed by atoms with Gasteiger partial charge in [-0.1, -0.05) is 24.3 Å². The summed E-state index contributed by atoms with van der Waals surface area (Å²) in [6.07, 6.45) is 5.53. The zero-order valence-electron chi connectivity index (χ0n) is 9.24. The van der Waals surface area contributed by atoms with Gasteiger partial charge in [0.05, 0.1) is 24.0 Å². The minimum absolute atomic E-state index is 0.693. The molecule has 1 N–H and O–H groups in total. The molecule has 1 aliphatic rings. The van der Waals surface area contributed by atoms with E-state index in [4.69, 9.17) is 0 Å². The van der Waals surface area contributed by atoms with E-state index in [-0.39, 0.29) is 0 Å². The molecule has 1 aromatic heterocycles. The SMILES string of the molecule is C1=CN(Cc2ccc3ccccc3n2)NN=C1. The Morgan fingerprint density at radius 2 is 2.06 bits per heavy atom. The van der Waals surface area contributed by atoms with Crippen molar-refractivity contribution in [2.45, 2.75) is 6.54 Å².